The standard InChI is InChI=1S/C20H16O3/c21-18-13-7-6-11-16(18)15-10-4-5-12-17(15)20(23)19(22)14-8-2-1-3-9-14/h1-13,19,21-22H. The molecule has 3 heteroatoms. The number of benzene rings is 3. The zero-order chi connectivity index (χ0) is 16.2. The van der Waals surface area contributed by atoms with Gasteiger partial charge in [0.05, 0.1) is 0 Å². The predicted molar refractivity (Wildman–Crippen MR) is 89.3 cm³/mol. The summed E-state index contributed by atoms with van der Waals surface area (Å²) in [6, 6.07) is 22.6. The molecule has 0 aliphatic rings. The second kappa shape index (κ2) is 6.46. The van der Waals surface area contributed by atoms with Crippen molar-refractivity contribution in [1.82, 2.24) is 0 Å². The average Bonchev–Trinajstić information content (AvgIpc) is 2.62. The van der Waals surface area contributed by atoms with Gasteiger partial charge in [0.1, 0.15) is 11.9 Å². The molecular weight excluding hydrogens is 288 g/mol. The number of carbonyl (C=O) groups excluding carboxylic acids is 1. The second-order valence-corrected chi connectivity index (χ2v) is 5.24. The van der Waals surface area contributed by atoms with Crippen LogP contribution in [0.5, 0.6) is 5.75 Å². The summed E-state index contributed by atoms with van der Waals surface area (Å²) >= 11 is 0. The molecule has 0 saturated carbocycles. The molecule has 0 bridgehead atoms. The van der Waals surface area contributed by atoms with Crippen molar-refractivity contribution < 1.29 is 15.0 Å². The molecule has 0 fully saturated rings. The number of carbonyl (C=O) groups is 1. The first-order valence-electron chi connectivity index (χ1n) is 7.33. The zero-order valence-corrected chi connectivity index (χ0v) is 12.4. The molecular formula is C20H16O3. The van der Waals surface area contributed by atoms with Gasteiger partial charge in [-0.3, -0.25) is 4.79 Å². The maximum atomic E-state index is 12.7. The second-order valence-electron chi connectivity index (χ2n) is 5.24. The van der Waals surface area contributed by atoms with Gasteiger partial charge in [0.2, 0.25) is 0 Å². The Balaban J connectivity index is 2.04. The number of aromatic hydroxyl groups is 1. The molecule has 0 amide bonds. The smallest absolute Gasteiger partial charge is 0.196 e. The van der Waals surface area contributed by atoms with Crippen LogP contribution in [-0.2, 0) is 0 Å². The van der Waals surface area contributed by atoms with E-state index in [1.807, 2.05) is 6.07 Å². The maximum absolute atomic E-state index is 12.7. The lowest BCUT2D eigenvalue weighted by Crippen LogP contribution is -2.13. The molecule has 3 rings (SSSR count). The molecule has 0 saturated heterocycles. The molecule has 3 aromatic carbocycles. The topological polar surface area (TPSA) is 57.5 Å². The van der Waals surface area contributed by atoms with Gasteiger partial charge in [-0.25, -0.2) is 0 Å². The van der Waals surface area contributed by atoms with Crippen molar-refractivity contribution in [3.05, 3.63) is 90.0 Å². The highest BCUT2D eigenvalue weighted by Crippen LogP contribution is 2.33. The SMILES string of the molecule is O=C(c1ccccc1-c1ccccc1O)C(O)c1ccccc1. The largest absolute Gasteiger partial charge is 0.507 e. The Labute approximate surface area is 134 Å². The third-order valence-electron chi connectivity index (χ3n) is 3.75. The van der Waals surface area contributed by atoms with Crippen LogP contribution in [0, 0.1) is 0 Å². The summed E-state index contributed by atoms with van der Waals surface area (Å²) < 4.78 is 0. The summed E-state index contributed by atoms with van der Waals surface area (Å²) in [5.41, 5.74) is 2.09. The van der Waals surface area contributed by atoms with E-state index < -0.39 is 11.9 Å². The van der Waals surface area contributed by atoms with Gasteiger partial charge in [-0.05, 0) is 17.2 Å². The van der Waals surface area contributed by atoms with Gasteiger partial charge in [0.25, 0.3) is 0 Å². The van der Waals surface area contributed by atoms with E-state index >= 15 is 0 Å². The Bertz CT molecular complexity index is 825. The molecule has 114 valence electrons. The number of hydrogen-bond acceptors (Lipinski definition) is 3. The van der Waals surface area contributed by atoms with Gasteiger partial charge in [-0.15, -0.1) is 0 Å². The molecule has 0 heterocycles. The van der Waals surface area contributed by atoms with E-state index in [1.54, 1.807) is 72.8 Å². The number of Topliss-reactive ketones (excluding diaryl/α,β-unsaturated/α-hetero) is 1. The highest BCUT2D eigenvalue weighted by atomic mass is 16.3. The Morgan fingerprint density at radius 1 is 0.739 bits per heavy atom. The Hall–Kier alpha value is -2.91. The number of phenolic OH excluding ortho intramolecular Hbond substituents is 1. The third-order valence-corrected chi connectivity index (χ3v) is 3.75. The van der Waals surface area contributed by atoms with Gasteiger partial charge in [-0.2, -0.15) is 0 Å². The first kappa shape index (κ1) is 15.0. The minimum atomic E-state index is -1.23. The number of aliphatic hydroxyl groups is 1. The summed E-state index contributed by atoms with van der Waals surface area (Å²) in [7, 11) is 0. The van der Waals surface area contributed by atoms with E-state index in [1.165, 1.54) is 0 Å². The molecule has 1 unspecified atom stereocenters. The number of ketones is 1. The summed E-state index contributed by atoms with van der Waals surface area (Å²) in [6.45, 7) is 0. The normalized spacial score (nSPS) is 11.9. The quantitative estimate of drug-likeness (QED) is 0.717. The van der Waals surface area contributed by atoms with Crippen molar-refractivity contribution in [2.24, 2.45) is 0 Å². The number of rotatable bonds is 4. The summed E-state index contributed by atoms with van der Waals surface area (Å²) in [5, 5.41) is 20.4. The first-order valence-corrected chi connectivity index (χ1v) is 7.33. The average molecular weight is 304 g/mol. The van der Waals surface area contributed by atoms with Crippen LogP contribution in [0.4, 0.5) is 0 Å². The lowest BCUT2D eigenvalue weighted by atomic mass is 9.92. The minimum absolute atomic E-state index is 0.0990. The predicted octanol–water partition coefficient (Wildman–Crippen LogP) is 3.98. The fraction of sp³-hybridized carbons (Fsp3) is 0.0500. The fourth-order valence-corrected chi connectivity index (χ4v) is 2.57. The molecule has 0 aliphatic heterocycles. The molecule has 3 nitrogen and oxygen atoms in total. The Morgan fingerprint density at radius 2 is 1.30 bits per heavy atom. The van der Waals surface area contributed by atoms with E-state index in [4.69, 9.17) is 0 Å². The first-order chi connectivity index (χ1) is 11.2. The van der Waals surface area contributed by atoms with Crippen LogP contribution in [-0.4, -0.2) is 16.0 Å². The number of phenols is 1. The number of hydrogen-bond donors (Lipinski definition) is 2. The van der Waals surface area contributed by atoms with E-state index in [9.17, 15) is 15.0 Å². The molecule has 0 aliphatic carbocycles. The number of aliphatic hydroxyl groups excluding tert-OH is 1. The summed E-state index contributed by atoms with van der Waals surface area (Å²) in [5.74, 6) is -0.294. The summed E-state index contributed by atoms with van der Waals surface area (Å²) in [6.07, 6.45) is -1.23. The summed E-state index contributed by atoms with van der Waals surface area (Å²) in [4.78, 5) is 12.7. The van der Waals surface area contributed by atoms with Gasteiger partial charge < -0.3 is 10.2 Å². The molecule has 3 aromatic rings. The Morgan fingerprint density at radius 3 is 2.00 bits per heavy atom. The highest BCUT2D eigenvalue weighted by Gasteiger charge is 2.22. The maximum Gasteiger partial charge on any atom is 0.196 e. The van der Waals surface area contributed by atoms with Crippen LogP contribution in [0.3, 0.4) is 0 Å². The molecule has 23 heavy (non-hydrogen) atoms. The van der Waals surface area contributed by atoms with Crippen LogP contribution in [0.2, 0.25) is 0 Å². The molecule has 1 atom stereocenters. The number of para-hydroxylation sites is 1. The molecule has 0 aromatic heterocycles. The fourth-order valence-electron chi connectivity index (χ4n) is 2.57. The van der Waals surface area contributed by atoms with Crippen molar-refractivity contribution in [1.29, 1.82) is 0 Å². The van der Waals surface area contributed by atoms with Gasteiger partial charge in [0.15, 0.2) is 5.78 Å². The third kappa shape index (κ3) is 3.00. The van der Waals surface area contributed by atoms with E-state index in [-0.39, 0.29) is 5.75 Å². The molecule has 0 spiro atoms. The van der Waals surface area contributed by atoms with Gasteiger partial charge in [-0.1, -0.05) is 72.8 Å². The van der Waals surface area contributed by atoms with Crippen LogP contribution in [0.1, 0.15) is 22.0 Å². The monoisotopic (exact) mass is 304 g/mol. The van der Waals surface area contributed by atoms with Crippen molar-refractivity contribution >= 4 is 5.78 Å². The van der Waals surface area contributed by atoms with Crippen LogP contribution >= 0.6 is 0 Å². The van der Waals surface area contributed by atoms with Gasteiger partial charge >= 0.3 is 0 Å². The van der Waals surface area contributed by atoms with E-state index in [0.29, 0.717) is 22.3 Å². The zero-order valence-electron chi connectivity index (χ0n) is 12.4. The van der Waals surface area contributed by atoms with E-state index in [0.717, 1.165) is 0 Å². The Kier molecular flexibility index (Phi) is 4.22. The molecule has 2 N–H and O–H groups in total. The van der Waals surface area contributed by atoms with E-state index in [2.05, 4.69) is 0 Å². The van der Waals surface area contributed by atoms with Crippen molar-refractivity contribution in [2.45, 2.75) is 6.10 Å². The van der Waals surface area contributed by atoms with Crippen LogP contribution in [0.25, 0.3) is 11.1 Å². The minimum Gasteiger partial charge on any atom is -0.507 e. The van der Waals surface area contributed by atoms with Crippen molar-refractivity contribution in [2.75, 3.05) is 0 Å². The lowest BCUT2D eigenvalue weighted by molar-refractivity contribution is 0.0748. The highest BCUT2D eigenvalue weighted by molar-refractivity contribution is 6.05. The van der Waals surface area contributed by atoms with Crippen LogP contribution in [0.15, 0.2) is 78.9 Å². The molecule has 0 radical (unpaired) electrons. The van der Waals surface area contributed by atoms with Crippen LogP contribution < -0.4 is 0 Å². The van der Waals surface area contributed by atoms with Crippen molar-refractivity contribution in [3.63, 3.8) is 0 Å². The lowest BCUT2D eigenvalue weighted by Gasteiger charge is -2.14. The van der Waals surface area contributed by atoms with Gasteiger partial charge in [0, 0.05) is 11.1 Å². The van der Waals surface area contributed by atoms with Crippen molar-refractivity contribution in [3.8, 4) is 16.9 Å².